The predicted octanol–water partition coefficient (Wildman–Crippen LogP) is 8.49. The first-order valence-corrected chi connectivity index (χ1v) is 22.1. The number of nitrogens with one attached hydrogen (secondary N) is 1. The standard InChI is InChI=1S/C49H60N4O10/c1-4-26-52(45(56)25-20-34-18-21-37(22-19-34)53(58)59)44-32-42(51-61-6-3)40-30-36(16-10-12-27-54)39(17-11-13-28-55)46-41-31-38(62-48(57)50-33-35-14-8-7-9-15-35)23-24-43(41)63-49(44,47(40)46)60-29-5-2/h5,7-9,14-15,18-25,30-31,36,39,44,46-47,54-55H,2,4,6,10-13,16-17,26-29,32-33H2,1,3H3,(H,50,57)/t36-,39+,44-,46+,47+,49+/m0/s1. The number of allylic oxidation sites excluding steroid dienone is 1. The highest BCUT2D eigenvalue weighted by molar-refractivity contribution is 6.03. The van der Waals surface area contributed by atoms with Gasteiger partial charge >= 0.3 is 6.09 Å². The van der Waals surface area contributed by atoms with Crippen molar-refractivity contribution in [3.05, 3.63) is 130 Å². The molecule has 2 amide bonds. The fraction of sp³-hybridized carbons (Fsp3) is 0.449. The zero-order valence-corrected chi connectivity index (χ0v) is 36.2. The molecule has 3 aromatic carbocycles. The lowest BCUT2D eigenvalue weighted by molar-refractivity contribution is -0.384. The first kappa shape index (κ1) is 46.7. The highest BCUT2D eigenvalue weighted by Crippen LogP contribution is 2.62. The fourth-order valence-electron chi connectivity index (χ4n) is 9.40. The molecule has 0 radical (unpaired) electrons. The second kappa shape index (κ2) is 22.5. The third-order valence-corrected chi connectivity index (χ3v) is 12.1. The Morgan fingerprint density at radius 3 is 2.46 bits per heavy atom. The van der Waals surface area contributed by atoms with Gasteiger partial charge < -0.3 is 39.5 Å². The number of aliphatic hydroxyl groups excluding tert-OH is 2. The van der Waals surface area contributed by atoms with Crippen molar-refractivity contribution in [3.8, 4) is 11.5 Å². The molecule has 0 spiro atoms. The molecule has 0 unspecified atom stereocenters. The van der Waals surface area contributed by atoms with E-state index in [1.54, 1.807) is 41.3 Å². The number of carbonyl (C=O) groups is 2. The average Bonchev–Trinajstić information content (AvgIpc) is 3.29. The van der Waals surface area contributed by atoms with Gasteiger partial charge in [0.15, 0.2) is 0 Å². The molecule has 3 aromatic rings. The van der Waals surface area contributed by atoms with Crippen LogP contribution in [-0.2, 0) is 20.9 Å². The smallest absolute Gasteiger partial charge is 0.412 e. The Bertz CT molecular complexity index is 2120. The Morgan fingerprint density at radius 1 is 1.03 bits per heavy atom. The molecular weight excluding hydrogens is 805 g/mol. The third kappa shape index (κ3) is 11.0. The van der Waals surface area contributed by atoms with E-state index >= 15 is 0 Å². The van der Waals surface area contributed by atoms with Crippen molar-refractivity contribution in [2.75, 3.05) is 33.0 Å². The summed E-state index contributed by atoms with van der Waals surface area (Å²) in [4.78, 5) is 46.3. The van der Waals surface area contributed by atoms with Gasteiger partial charge in [-0.05, 0) is 104 Å². The van der Waals surface area contributed by atoms with Gasteiger partial charge in [-0.1, -0.05) is 67.4 Å². The number of amides is 2. The molecule has 6 atom stereocenters. The number of fused-ring (bicyclic) bond motifs is 2. The van der Waals surface area contributed by atoms with Crippen LogP contribution >= 0.6 is 0 Å². The SMILES string of the molecule is C=CCO[C@@]12Oc3ccc(OC(=O)NCc4ccccc4)cc3[C@H]3[C@H](CCCCO)[C@@H](CCCCO)C=C(C(=NOCC)C[C@@H]1N(CCC)C(=O)C=Cc1ccc([N+](=O)[O-])cc1)[C@H]32. The first-order valence-electron chi connectivity index (χ1n) is 22.1. The number of unbranched alkanes of at least 4 members (excludes halogenated alkanes) is 2. The molecule has 2 aliphatic carbocycles. The molecule has 0 bridgehead atoms. The Kier molecular flexibility index (Phi) is 16.7. The van der Waals surface area contributed by atoms with E-state index in [0.717, 1.165) is 42.4 Å². The van der Waals surface area contributed by atoms with Crippen molar-refractivity contribution >= 4 is 29.5 Å². The van der Waals surface area contributed by atoms with Crippen LogP contribution in [0.1, 0.15) is 87.8 Å². The molecule has 1 fully saturated rings. The Hall–Kier alpha value is -5.83. The molecule has 3 N–H and O–H groups in total. The number of rotatable bonds is 22. The number of non-ortho nitro benzene ring substituents is 1. The van der Waals surface area contributed by atoms with Crippen LogP contribution in [0.2, 0.25) is 0 Å². The van der Waals surface area contributed by atoms with Gasteiger partial charge in [-0.15, -0.1) is 6.58 Å². The lowest BCUT2D eigenvalue weighted by atomic mass is 9.55. The molecular formula is C49H60N4O10. The minimum atomic E-state index is -1.46. The summed E-state index contributed by atoms with van der Waals surface area (Å²) in [5.41, 5.74) is 3.88. The molecule has 336 valence electrons. The van der Waals surface area contributed by atoms with Crippen molar-refractivity contribution in [2.24, 2.45) is 22.9 Å². The van der Waals surface area contributed by atoms with Crippen LogP contribution in [0, 0.1) is 27.9 Å². The monoisotopic (exact) mass is 864 g/mol. The summed E-state index contributed by atoms with van der Waals surface area (Å²) in [6.07, 6.45) is 11.6. The number of ether oxygens (including phenoxy) is 3. The zero-order chi connectivity index (χ0) is 44.8. The average molecular weight is 865 g/mol. The molecule has 1 saturated carbocycles. The van der Waals surface area contributed by atoms with Crippen LogP contribution in [-0.4, -0.2) is 82.5 Å². The summed E-state index contributed by atoms with van der Waals surface area (Å²) in [7, 11) is 0. The third-order valence-electron chi connectivity index (χ3n) is 12.1. The summed E-state index contributed by atoms with van der Waals surface area (Å²) < 4.78 is 20.2. The quantitative estimate of drug-likeness (QED) is 0.0291. The van der Waals surface area contributed by atoms with E-state index in [9.17, 15) is 29.9 Å². The van der Waals surface area contributed by atoms with Gasteiger partial charge in [0.2, 0.25) is 11.7 Å². The summed E-state index contributed by atoms with van der Waals surface area (Å²) in [6.45, 7) is 9.03. The minimum absolute atomic E-state index is 0.0228. The number of nitro groups is 1. The summed E-state index contributed by atoms with van der Waals surface area (Å²) in [6, 6.07) is 20.2. The number of benzene rings is 3. The number of nitrogens with zero attached hydrogens (tertiary/aromatic N) is 3. The maximum atomic E-state index is 14.6. The number of oxime groups is 1. The number of carbonyl (C=O) groups excluding carboxylic acids is 2. The van der Waals surface area contributed by atoms with Crippen molar-refractivity contribution in [1.29, 1.82) is 0 Å². The van der Waals surface area contributed by atoms with Crippen LogP contribution in [0.3, 0.4) is 0 Å². The normalized spacial score (nSPS) is 22.9. The van der Waals surface area contributed by atoms with Crippen LogP contribution in [0.15, 0.2) is 108 Å². The van der Waals surface area contributed by atoms with E-state index in [-0.39, 0.29) is 62.1 Å². The van der Waals surface area contributed by atoms with Crippen molar-refractivity contribution in [3.63, 3.8) is 0 Å². The molecule has 3 aliphatic rings. The molecule has 1 heterocycles. The first-order chi connectivity index (χ1) is 30.7. The van der Waals surface area contributed by atoms with E-state index in [2.05, 4.69) is 18.0 Å². The van der Waals surface area contributed by atoms with Gasteiger partial charge in [0, 0.05) is 62.4 Å². The number of hydrogen-bond acceptors (Lipinski definition) is 11. The van der Waals surface area contributed by atoms with Gasteiger partial charge in [0.25, 0.3) is 5.69 Å². The number of aliphatic hydroxyl groups is 2. The molecule has 14 nitrogen and oxygen atoms in total. The highest BCUT2D eigenvalue weighted by Gasteiger charge is 2.65. The van der Waals surface area contributed by atoms with Gasteiger partial charge in [-0.2, -0.15) is 0 Å². The Morgan fingerprint density at radius 2 is 1.78 bits per heavy atom. The van der Waals surface area contributed by atoms with E-state index < -0.39 is 28.8 Å². The molecule has 1 aliphatic heterocycles. The minimum Gasteiger partial charge on any atom is -0.459 e. The zero-order valence-electron chi connectivity index (χ0n) is 36.2. The Labute approximate surface area is 369 Å². The highest BCUT2D eigenvalue weighted by atomic mass is 16.7. The van der Waals surface area contributed by atoms with Crippen molar-refractivity contribution in [1.82, 2.24) is 10.2 Å². The van der Waals surface area contributed by atoms with Crippen LogP contribution in [0.5, 0.6) is 11.5 Å². The Balaban J connectivity index is 1.50. The van der Waals surface area contributed by atoms with Crippen molar-refractivity contribution in [2.45, 2.75) is 89.5 Å². The van der Waals surface area contributed by atoms with Crippen molar-refractivity contribution < 1.29 is 43.8 Å². The molecule has 63 heavy (non-hydrogen) atoms. The molecule has 6 rings (SSSR count). The van der Waals surface area contributed by atoms with E-state index in [4.69, 9.17) is 24.2 Å². The topological polar surface area (TPSA) is 182 Å². The van der Waals surface area contributed by atoms with Crippen LogP contribution in [0.4, 0.5) is 10.5 Å². The van der Waals surface area contributed by atoms with Gasteiger partial charge in [-0.25, -0.2) is 4.79 Å². The molecule has 0 aromatic heterocycles. The number of hydrogen-bond donors (Lipinski definition) is 3. The van der Waals surface area contributed by atoms with E-state index in [1.807, 2.05) is 50.2 Å². The summed E-state index contributed by atoms with van der Waals surface area (Å²) in [5, 5.41) is 38.7. The fourth-order valence-corrected chi connectivity index (χ4v) is 9.40. The maximum Gasteiger partial charge on any atom is 0.412 e. The van der Waals surface area contributed by atoms with E-state index in [1.165, 1.54) is 18.2 Å². The van der Waals surface area contributed by atoms with E-state index in [0.29, 0.717) is 55.2 Å². The van der Waals surface area contributed by atoms with Crippen LogP contribution < -0.4 is 14.8 Å². The van der Waals surface area contributed by atoms with Crippen LogP contribution in [0.25, 0.3) is 6.08 Å². The summed E-state index contributed by atoms with van der Waals surface area (Å²) >= 11 is 0. The largest absolute Gasteiger partial charge is 0.459 e. The summed E-state index contributed by atoms with van der Waals surface area (Å²) in [5.74, 6) is -1.76. The second-order valence-electron chi connectivity index (χ2n) is 16.1. The molecule has 0 saturated heterocycles. The number of nitro benzene ring substituents is 1. The molecule has 14 heteroatoms. The second-order valence-corrected chi connectivity index (χ2v) is 16.1. The predicted molar refractivity (Wildman–Crippen MR) is 240 cm³/mol. The van der Waals surface area contributed by atoms with Gasteiger partial charge in [-0.3, -0.25) is 14.9 Å². The van der Waals surface area contributed by atoms with Gasteiger partial charge in [0.1, 0.15) is 24.1 Å². The lowest BCUT2D eigenvalue weighted by Crippen LogP contribution is -2.70. The maximum absolute atomic E-state index is 14.6. The van der Waals surface area contributed by atoms with Gasteiger partial charge in [0.05, 0.1) is 23.2 Å². The lowest BCUT2D eigenvalue weighted by Gasteiger charge is -2.60.